The molecule has 8 aromatic rings. The molecular formula is C64H51N. The van der Waals surface area contributed by atoms with E-state index in [1.54, 1.807) is 5.57 Å². The summed E-state index contributed by atoms with van der Waals surface area (Å²) in [5, 5.41) is 0. The molecule has 0 aromatic heterocycles. The van der Waals surface area contributed by atoms with Gasteiger partial charge in [-0.2, -0.15) is 0 Å². The topological polar surface area (TPSA) is 3.24 Å². The van der Waals surface area contributed by atoms with Crippen molar-refractivity contribution < 1.29 is 0 Å². The molecule has 1 heterocycles. The Labute approximate surface area is 383 Å². The highest BCUT2D eigenvalue weighted by Gasteiger charge is 2.57. The molecule has 13 rings (SSSR count). The van der Waals surface area contributed by atoms with Crippen molar-refractivity contribution in [3.05, 3.63) is 280 Å². The first-order valence-electron chi connectivity index (χ1n) is 23.6. The third-order valence-corrected chi connectivity index (χ3v) is 16.2. The van der Waals surface area contributed by atoms with Crippen LogP contribution in [0, 0.1) is 17.8 Å². The zero-order valence-corrected chi connectivity index (χ0v) is 37.5. The number of hydrogen-bond donors (Lipinski definition) is 0. The first kappa shape index (κ1) is 38.3. The largest absolute Gasteiger partial charge is 0.328 e. The summed E-state index contributed by atoms with van der Waals surface area (Å²) in [6.07, 6.45) is 5.30. The van der Waals surface area contributed by atoms with E-state index in [1.807, 2.05) is 0 Å². The predicted molar refractivity (Wildman–Crippen MR) is 270 cm³/mol. The van der Waals surface area contributed by atoms with Crippen molar-refractivity contribution >= 4 is 16.9 Å². The number of rotatable bonds is 5. The third kappa shape index (κ3) is 4.88. The molecule has 5 atom stereocenters. The van der Waals surface area contributed by atoms with Gasteiger partial charge >= 0.3 is 0 Å². The Morgan fingerprint density at radius 3 is 1.35 bits per heavy atom. The molecule has 312 valence electrons. The van der Waals surface area contributed by atoms with Crippen molar-refractivity contribution in [1.29, 1.82) is 0 Å². The number of hydrogen-bond acceptors (Lipinski definition) is 1. The van der Waals surface area contributed by atoms with Crippen LogP contribution in [0.1, 0.15) is 72.2 Å². The second kappa shape index (κ2) is 13.9. The van der Waals surface area contributed by atoms with Crippen LogP contribution in [0.4, 0.5) is 11.4 Å². The fraction of sp³-hybridized carbons (Fsp3) is 0.156. The molecule has 0 radical (unpaired) electrons. The van der Waals surface area contributed by atoms with E-state index in [9.17, 15) is 0 Å². The summed E-state index contributed by atoms with van der Waals surface area (Å²) in [5.41, 5.74) is 22.6. The molecule has 1 heteroatoms. The third-order valence-electron chi connectivity index (χ3n) is 16.2. The van der Waals surface area contributed by atoms with Crippen LogP contribution < -0.4 is 4.90 Å². The molecule has 0 fully saturated rings. The maximum Gasteiger partial charge on any atom is 0.0898 e. The predicted octanol–water partition coefficient (Wildman–Crippen LogP) is 15.5. The summed E-state index contributed by atoms with van der Waals surface area (Å²) >= 11 is 0. The average Bonchev–Trinajstić information content (AvgIpc) is 3.82. The monoisotopic (exact) mass is 833 g/mol. The van der Waals surface area contributed by atoms with Crippen LogP contribution in [0.5, 0.6) is 0 Å². The van der Waals surface area contributed by atoms with Crippen LogP contribution in [0.15, 0.2) is 235 Å². The lowest BCUT2D eigenvalue weighted by molar-refractivity contribution is 0.489. The molecule has 4 bridgehead atoms. The van der Waals surface area contributed by atoms with Crippen molar-refractivity contribution in [2.75, 3.05) is 4.90 Å². The van der Waals surface area contributed by atoms with Gasteiger partial charge in [0, 0.05) is 17.3 Å². The van der Waals surface area contributed by atoms with Gasteiger partial charge in [0.1, 0.15) is 0 Å². The van der Waals surface area contributed by atoms with Gasteiger partial charge in [0.25, 0.3) is 0 Å². The summed E-state index contributed by atoms with van der Waals surface area (Å²) in [7, 11) is 0. The second-order valence-electron chi connectivity index (χ2n) is 19.3. The molecule has 4 aliphatic carbocycles. The molecule has 0 N–H and O–H groups in total. The minimum Gasteiger partial charge on any atom is -0.328 e. The van der Waals surface area contributed by atoms with E-state index in [0.717, 1.165) is 0 Å². The molecule has 0 saturated carbocycles. The molecule has 5 unspecified atom stereocenters. The lowest BCUT2D eigenvalue weighted by atomic mass is 9.55. The van der Waals surface area contributed by atoms with Gasteiger partial charge in [-0.15, -0.1) is 0 Å². The van der Waals surface area contributed by atoms with Gasteiger partial charge < -0.3 is 4.90 Å². The summed E-state index contributed by atoms with van der Waals surface area (Å²) in [6, 6.07) is 78.5. The van der Waals surface area contributed by atoms with Gasteiger partial charge in [0.05, 0.1) is 16.4 Å². The number of allylic oxidation sites excluding steroid dienone is 4. The van der Waals surface area contributed by atoms with Gasteiger partial charge in [-0.05, 0) is 127 Å². The van der Waals surface area contributed by atoms with E-state index in [-0.39, 0.29) is 17.8 Å². The number of fused-ring (bicyclic) bond motifs is 9. The number of anilines is 2. The molecule has 0 saturated heterocycles. The molecule has 0 amide bonds. The Morgan fingerprint density at radius 1 is 0.400 bits per heavy atom. The zero-order valence-electron chi connectivity index (χ0n) is 37.5. The first-order chi connectivity index (χ1) is 31.9. The SMILES string of the molecule is CC1C=C2C(C)C3=C1C(C)C=C(c1ccccc1)C3(C)N(c1ccc3c(c1)C(c1ccccc1)(c1ccccc1)c1ccccc1-3)c1ccc3c(c1)C2(c1ccccc1)c1ccccc1-3. The Kier molecular flexibility index (Phi) is 8.17. The highest BCUT2D eigenvalue weighted by atomic mass is 15.2. The van der Waals surface area contributed by atoms with E-state index in [0.29, 0.717) is 0 Å². The zero-order chi connectivity index (χ0) is 43.7. The van der Waals surface area contributed by atoms with Gasteiger partial charge in [-0.1, -0.05) is 220 Å². The van der Waals surface area contributed by atoms with Crippen LogP contribution in [-0.2, 0) is 10.8 Å². The lowest BCUT2D eigenvalue weighted by Gasteiger charge is -2.54. The average molecular weight is 834 g/mol. The minimum atomic E-state index is -0.581. The Balaban J connectivity index is 1.18. The minimum absolute atomic E-state index is 0.114. The van der Waals surface area contributed by atoms with Crippen LogP contribution in [0.2, 0.25) is 0 Å². The molecular weight excluding hydrogens is 783 g/mol. The molecule has 1 nitrogen and oxygen atoms in total. The highest BCUT2D eigenvalue weighted by Crippen LogP contribution is 2.66. The van der Waals surface area contributed by atoms with E-state index < -0.39 is 16.4 Å². The fourth-order valence-corrected chi connectivity index (χ4v) is 14.0. The van der Waals surface area contributed by atoms with Crippen molar-refractivity contribution in [2.24, 2.45) is 17.8 Å². The van der Waals surface area contributed by atoms with E-state index >= 15 is 0 Å². The van der Waals surface area contributed by atoms with Gasteiger partial charge in [-0.25, -0.2) is 0 Å². The van der Waals surface area contributed by atoms with Crippen LogP contribution >= 0.6 is 0 Å². The van der Waals surface area contributed by atoms with Crippen LogP contribution in [-0.4, -0.2) is 5.54 Å². The number of benzene rings is 8. The van der Waals surface area contributed by atoms with Gasteiger partial charge in [-0.3, -0.25) is 0 Å². The smallest absolute Gasteiger partial charge is 0.0898 e. The maximum absolute atomic E-state index is 2.77. The highest BCUT2D eigenvalue weighted by molar-refractivity contribution is 5.95. The van der Waals surface area contributed by atoms with Crippen molar-refractivity contribution in [3.63, 3.8) is 0 Å². The lowest BCUT2D eigenvalue weighted by Crippen LogP contribution is -2.52. The molecule has 65 heavy (non-hydrogen) atoms. The van der Waals surface area contributed by atoms with Crippen molar-refractivity contribution in [2.45, 2.75) is 44.1 Å². The van der Waals surface area contributed by atoms with Gasteiger partial charge in [0.2, 0.25) is 0 Å². The second-order valence-corrected chi connectivity index (χ2v) is 19.3. The standard InChI is InChI=1S/C64H51N/c1-41-37-56-43(3)61-60(41)42(2)38-57(44-21-9-5-10-22-44)62(61,4)65(49-34-36-53-51-30-18-20-32-55(51)64(56,59(53)40-49)47-27-15-8-16-28-47)48-33-35-52-50-29-17-19-31-54(50)63(58(52)39-48,45-23-11-6-12-24-45)46-25-13-7-14-26-46/h5-43H,1-4H3. The summed E-state index contributed by atoms with van der Waals surface area (Å²) in [4.78, 5) is 2.77. The summed E-state index contributed by atoms with van der Waals surface area (Å²) in [5.74, 6) is 0.600. The fourth-order valence-electron chi connectivity index (χ4n) is 14.0. The van der Waals surface area contributed by atoms with E-state index in [4.69, 9.17) is 0 Å². The maximum atomic E-state index is 2.77. The molecule has 1 aliphatic heterocycles. The Bertz CT molecular complexity index is 3280. The van der Waals surface area contributed by atoms with Crippen molar-refractivity contribution in [3.8, 4) is 22.3 Å². The quantitative estimate of drug-likeness (QED) is 0.156. The van der Waals surface area contributed by atoms with Gasteiger partial charge in [0.15, 0.2) is 0 Å². The molecule has 8 aromatic carbocycles. The molecule has 0 spiro atoms. The van der Waals surface area contributed by atoms with Crippen molar-refractivity contribution in [1.82, 2.24) is 0 Å². The first-order valence-corrected chi connectivity index (χ1v) is 23.6. The Morgan fingerprint density at radius 2 is 0.815 bits per heavy atom. The van der Waals surface area contributed by atoms with Crippen LogP contribution in [0.3, 0.4) is 0 Å². The summed E-state index contributed by atoms with van der Waals surface area (Å²) in [6.45, 7) is 10.0. The normalized spacial score (nSPS) is 23.9. The van der Waals surface area contributed by atoms with E-state index in [2.05, 4.69) is 251 Å². The Hall–Kier alpha value is -7.22. The number of nitrogens with zero attached hydrogens (tertiary/aromatic N) is 1. The summed E-state index contributed by atoms with van der Waals surface area (Å²) < 4.78 is 0. The van der Waals surface area contributed by atoms with E-state index in [1.165, 1.54) is 94.9 Å². The molecule has 5 aliphatic rings. The van der Waals surface area contributed by atoms with Crippen LogP contribution in [0.25, 0.3) is 27.8 Å².